The minimum absolute atomic E-state index is 0.174. The summed E-state index contributed by atoms with van der Waals surface area (Å²) in [5.41, 5.74) is 3.91. The van der Waals surface area contributed by atoms with Crippen molar-refractivity contribution in [2.24, 2.45) is 11.0 Å². The van der Waals surface area contributed by atoms with Crippen LogP contribution in [0.25, 0.3) is 0 Å². The molecule has 0 saturated carbocycles. The second kappa shape index (κ2) is 9.29. The Balaban J connectivity index is 2.50. The highest BCUT2D eigenvalue weighted by molar-refractivity contribution is 9.10. The standard InChI is InChI=1S/C16H21BrN2O4/c1-5-22-16(21)11(3)12(4)18-19-15(20)9-23-14-7-6-10(2)8-13(14)17/h6-8,11H,5,9H2,1-4H3,(H,19,20)/b18-12-. The average molecular weight is 385 g/mol. The van der Waals surface area contributed by atoms with Crippen molar-refractivity contribution in [2.45, 2.75) is 27.7 Å². The van der Waals surface area contributed by atoms with E-state index in [1.165, 1.54) is 0 Å². The van der Waals surface area contributed by atoms with Crippen LogP contribution in [0.3, 0.4) is 0 Å². The molecule has 1 unspecified atom stereocenters. The third kappa shape index (κ3) is 6.40. The van der Waals surface area contributed by atoms with E-state index in [0.717, 1.165) is 10.0 Å². The molecule has 7 heteroatoms. The number of carbonyl (C=O) groups excluding carboxylic acids is 2. The Morgan fingerprint density at radius 3 is 2.70 bits per heavy atom. The van der Waals surface area contributed by atoms with Crippen LogP contribution in [0.5, 0.6) is 5.75 Å². The number of hydrogen-bond donors (Lipinski definition) is 1. The first-order chi connectivity index (χ1) is 10.8. The van der Waals surface area contributed by atoms with Gasteiger partial charge in [0.15, 0.2) is 6.61 Å². The van der Waals surface area contributed by atoms with Gasteiger partial charge in [0.05, 0.1) is 17.0 Å². The Kier molecular flexibility index (Phi) is 7.74. The van der Waals surface area contributed by atoms with E-state index >= 15 is 0 Å². The number of amides is 1. The summed E-state index contributed by atoms with van der Waals surface area (Å²) in [6.45, 7) is 7.15. The molecular formula is C16H21BrN2O4. The summed E-state index contributed by atoms with van der Waals surface area (Å²) in [6.07, 6.45) is 0. The Morgan fingerprint density at radius 2 is 2.09 bits per heavy atom. The van der Waals surface area contributed by atoms with Gasteiger partial charge in [-0.3, -0.25) is 9.59 Å². The zero-order valence-corrected chi connectivity index (χ0v) is 15.3. The van der Waals surface area contributed by atoms with Gasteiger partial charge in [-0.1, -0.05) is 6.07 Å². The van der Waals surface area contributed by atoms with Gasteiger partial charge in [0.25, 0.3) is 5.91 Å². The van der Waals surface area contributed by atoms with E-state index in [9.17, 15) is 9.59 Å². The van der Waals surface area contributed by atoms with Crippen LogP contribution >= 0.6 is 15.9 Å². The number of nitrogens with zero attached hydrogens (tertiary/aromatic N) is 1. The molecule has 0 fully saturated rings. The molecule has 23 heavy (non-hydrogen) atoms. The number of halogens is 1. The molecule has 6 nitrogen and oxygen atoms in total. The number of hydrogen-bond acceptors (Lipinski definition) is 5. The van der Waals surface area contributed by atoms with Crippen LogP contribution in [0, 0.1) is 12.8 Å². The molecule has 1 atom stereocenters. The van der Waals surface area contributed by atoms with E-state index in [4.69, 9.17) is 9.47 Å². The maximum atomic E-state index is 11.7. The summed E-state index contributed by atoms with van der Waals surface area (Å²) in [4.78, 5) is 23.3. The lowest BCUT2D eigenvalue weighted by molar-refractivity contribution is -0.145. The number of ether oxygens (including phenoxy) is 2. The Hall–Kier alpha value is -1.89. The first-order valence-electron chi connectivity index (χ1n) is 7.23. The highest BCUT2D eigenvalue weighted by atomic mass is 79.9. The van der Waals surface area contributed by atoms with Crippen molar-refractivity contribution in [3.63, 3.8) is 0 Å². The van der Waals surface area contributed by atoms with Crippen molar-refractivity contribution in [2.75, 3.05) is 13.2 Å². The SMILES string of the molecule is CCOC(=O)C(C)/C(C)=N\NC(=O)COc1ccc(C)cc1Br. The Morgan fingerprint density at radius 1 is 1.39 bits per heavy atom. The zero-order valence-electron chi connectivity index (χ0n) is 13.7. The number of carbonyl (C=O) groups is 2. The molecule has 1 amide bonds. The summed E-state index contributed by atoms with van der Waals surface area (Å²) >= 11 is 3.37. The van der Waals surface area contributed by atoms with E-state index in [2.05, 4.69) is 26.5 Å². The molecule has 1 aromatic rings. The van der Waals surface area contributed by atoms with Crippen molar-refractivity contribution in [1.29, 1.82) is 0 Å². The molecule has 0 aliphatic carbocycles. The van der Waals surface area contributed by atoms with E-state index in [1.54, 1.807) is 26.8 Å². The second-order valence-corrected chi connectivity index (χ2v) is 5.84. The van der Waals surface area contributed by atoms with Crippen LogP contribution in [0.2, 0.25) is 0 Å². The van der Waals surface area contributed by atoms with Crippen molar-refractivity contribution in [3.8, 4) is 5.75 Å². The first kappa shape index (κ1) is 19.2. The Labute approximate surface area is 144 Å². The lowest BCUT2D eigenvalue weighted by Crippen LogP contribution is -2.28. The molecule has 0 heterocycles. The molecule has 0 aromatic heterocycles. The summed E-state index contributed by atoms with van der Waals surface area (Å²) in [5, 5.41) is 3.90. The van der Waals surface area contributed by atoms with Gasteiger partial charge in [-0.2, -0.15) is 5.10 Å². The van der Waals surface area contributed by atoms with Gasteiger partial charge in [-0.15, -0.1) is 0 Å². The lowest BCUT2D eigenvalue weighted by atomic mass is 10.1. The van der Waals surface area contributed by atoms with E-state index in [-0.39, 0.29) is 12.6 Å². The highest BCUT2D eigenvalue weighted by Gasteiger charge is 2.17. The highest BCUT2D eigenvalue weighted by Crippen LogP contribution is 2.25. The summed E-state index contributed by atoms with van der Waals surface area (Å²) in [6, 6.07) is 5.57. The summed E-state index contributed by atoms with van der Waals surface area (Å²) < 4.78 is 11.1. The predicted molar refractivity (Wildman–Crippen MR) is 91.4 cm³/mol. The van der Waals surface area contributed by atoms with E-state index in [1.807, 2.05) is 19.1 Å². The van der Waals surface area contributed by atoms with Gasteiger partial charge < -0.3 is 9.47 Å². The van der Waals surface area contributed by atoms with Crippen LogP contribution in [-0.4, -0.2) is 30.8 Å². The molecule has 1 aromatic carbocycles. The molecule has 0 saturated heterocycles. The van der Waals surface area contributed by atoms with Crippen LogP contribution < -0.4 is 10.2 Å². The third-order valence-electron chi connectivity index (χ3n) is 3.07. The van der Waals surface area contributed by atoms with Gasteiger partial charge in [0.1, 0.15) is 5.75 Å². The fourth-order valence-corrected chi connectivity index (χ4v) is 2.19. The van der Waals surface area contributed by atoms with Crippen molar-refractivity contribution in [3.05, 3.63) is 28.2 Å². The van der Waals surface area contributed by atoms with Crippen LogP contribution in [0.1, 0.15) is 26.3 Å². The predicted octanol–water partition coefficient (Wildman–Crippen LogP) is 2.83. The molecule has 0 radical (unpaired) electrons. The molecule has 0 spiro atoms. The first-order valence-corrected chi connectivity index (χ1v) is 8.03. The smallest absolute Gasteiger partial charge is 0.314 e. The third-order valence-corrected chi connectivity index (χ3v) is 3.69. The van der Waals surface area contributed by atoms with Gasteiger partial charge >= 0.3 is 5.97 Å². The minimum atomic E-state index is -0.512. The molecule has 1 N–H and O–H groups in total. The quantitative estimate of drug-likeness (QED) is 0.445. The maximum Gasteiger partial charge on any atom is 0.314 e. The van der Waals surface area contributed by atoms with Gasteiger partial charge in [0.2, 0.25) is 0 Å². The fraction of sp³-hybridized carbons (Fsp3) is 0.438. The fourth-order valence-electron chi connectivity index (χ4n) is 1.58. The van der Waals surface area contributed by atoms with Crippen LogP contribution in [-0.2, 0) is 14.3 Å². The van der Waals surface area contributed by atoms with Gasteiger partial charge in [-0.05, 0) is 61.3 Å². The number of nitrogens with one attached hydrogen (secondary N) is 1. The maximum absolute atomic E-state index is 11.7. The normalized spacial score (nSPS) is 12.5. The number of hydrazone groups is 1. The average Bonchev–Trinajstić information content (AvgIpc) is 2.51. The largest absolute Gasteiger partial charge is 0.483 e. The second-order valence-electron chi connectivity index (χ2n) is 4.98. The van der Waals surface area contributed by atoms with Crippen LogP contribution in [0.15, 0.2) is 27.8 Å². The van der Waals surface area contributed by atoms with E-state index < -0.39 is 11.8 Å². The Bertz CT molecular complexity index is 602. The number of esters is 1. The van der Waals surface area contributed by atoms with Gasteiger partial charge in [-0.25, -0.2) is 5.43 Å². The number of benzene rings is 1. The lowest BCUT2D eigenvalue weighted by Gasteiger charge is -2.11. The summed E-state index contributed by atoms with van der Waals surface area (Å²) in [5.74, 6) is -0.718. The summed E-state index contributed by atoms with van der Waals surface area (Å²) in [7, 11) is 0. The van der Waals surface area contributed by atoms with Crippen molar-refractivity contribution >= 4 is 33.5 Å². The number of aryl methyl sites for hydroxylation is 1. The van der Waals surface area contributed by atoms with Crippen molar-refractivity contribution in [1.82, 2.24) is 5.43 Å². The van der Waals surface area contributed by atoms with Gasteiger partial charge in [0, 0.05) is 5.71 Å². The molecule has 1 rings (SSSR count). The molecule has 0 bridgehead atoms. The zero-order chi connectivity index (χ0) is 17.4. The molecule has 0 aliphatic heterocycles. The van der Waals surface area contributed by atoms with E-state index in [0.29, 0.717) is 18.1 Å². The molecular weight excluding hydrogens is 364 g/mol. The number of rotatable bonds is 7. The van der Waals surface area contributed by atoms with Crippen LogP contribution in [0.4, 0.5) is 0 Å². The topological polar surface area (TPSA) is 77.0 Å². The molecule has 0 aliphatic rings. The molecule has 126 valence electrons. The monoisotopic (exact) mass is 384 g/mol. The van der Waals surface area contributed by atoms with Crippen molar-refractivity contribution < 1.29 is 19.1 Å². The minimum Gasteiger partial charge on any atom is -0.483 e.